The van der Waals surface area contributed by atoms with E-state index in [2.05, 4.69) is 52.9 Å². The summed E-state index contributed by atoms with van der Waals surface area (Å²) in [7, 11) is -1.69. The fraction of sp³-hybridized carbons (Fsp3) is 0.652. The van der Waals surface area contributed by atoms with E-state index in [0.717, 1.165) is 18.4 Å². The number of rotatable bonds is 11. The molecule has 0 amide bonds. The van der Waals surface area contributed by atoms with Gasteiger partial charge >= 0.3 is 0 Å². The van der Waals surface area contributed by atoms with E-state index >= 15 is 0 Å². The van der Waals surface area contributed by atoms with E-state index in [4.69, 9.17) is 9.16 Å². The van der Waals surface area contributed by atoms with Crippen LogP contribution in [0.3, 0.4) is 0 Å². The minimum absolute atomic E-state index is 0.185. The molecule has 154 valence electrons. The van der Waals surface area contributed by atoms with E-state index in [0.29, 0.717) is 13.0 Å². The van der Waals surface area contributed by atoms with Crippen LogP contribution in [0.4, 0.5) is 0 Å². The quantitative estimate of drug-likeness (QED) is 0.366. The van der Waals surface area contributed by atoms with Gasteiger partial charge in [-0.1, -0.05) is 63.3 Å². The average Bonchev–Trinajstić information content (AvgIpc) is 2.58. The largest absolute Gasteiger partial charge is 0.414 e. The highest BCUT2D eigenvalue weighted by atomic mass is 28.4. The fourth-order valence-electron chi connectivity index (χ4n) is 2.53. The summed E-state index contributed by atoms with van der Waals surface area (Å²) in [6.07, 6.45) is 6.43. The van der Waals surface area contributed by atoms with Crippen molar-refractivity contribution in [3.05, 3.63) is 48.0 Å². The lowest BCUT2D eigenvalue weighted by Crippen LogP contribution is -2.43. The molecule has 27 heavy (non-hydrogen) atoms. The van der Waals surface area contributed by atoms with Gasteiger partial charge in [0.05, 0.1) is 18.8 Å². The van der Waals surface area contributed by atoms with Gasteiger partial charge in [0.1, 0.15) is 0 Å². The van der Waals surface area contributed by atoms with Crippen molar-refractivity contribution in [2.75, 3.05) is 0 Å². The molecular weight excluding hydrogens is 352 g/mol. The van der Waals surface area contributed by atoms with E-state index in [-0.39, 0.29) is 17.2 Å². The first-order chi connectivity index (χ1) is 12.5. The van der Waals surface area contributed by atoms with Crippen molar-refractivity contribution < 1.29 is 14.3 Å². The van der Waals surface area contributed by atoms with Crippen LogP contribution in [0, 0.1) is 0 Å². The van der Waals surface area contributed by atoms with Gasteiger partial charge in [-0.15, -0.1) is 0 Å². The van der Waals surface area contributed by atoms with Crippen molar-refractivity contribution >= 4 is 8.32 Å². The summed E-state index contributed by atoms with van der Waals surface area (Å²) in [5, 5.41) is 10.5. The molecule has 1 rings (SSSR count). The highest BCUT2D eigenvalue weighted by Gasteiger charge is 2.38. The number of aliphatic hydroxyl groups is 1. The number of hydrogen-bond acceptors (Lipinski definition) is 3. The van der Waals surface area contributed by atoms with Gasteiger partial charge in [-0.2, -0.15) is 0 Å². The molecule has 0 heterocycles. The standard InChI is InChI=1S/C23H40O3Si/c1-19(26-27(6,7)23(3,4)5)14-10-8-13-17-22(24)20(2)25-18-21-15-11-9-12-16-21/h8-9,11-13,15-16,19-20,22,24H,10,14,17-18H2,1-7H3/b13-8-/t19-,20+,22+/m1/s1. The molecule has 0 saturated carbocycles. The second-order valence-corrected chi connectivity index (χ2v) is 13.8. The maximum absolute atomic E-state index is 10.3. The number of ether oxygens (including phenoxy) is 1. The van der Waals surface area contributed by atoms with Gasteiger partial charge in [-0.25, -0.2) is 0 Å². The first kappa shape index (κ1) is 24.1. The smallest absolute Gasteiger partial charge is 0.192 e. The number of hydrogen-bond donors (Lipinski definition) is 1. The number of benzene rings is 1. The molecule has 0 aromatic heterocycles. The summed E-state index contributed by atoms with van der Waals surface area (Å²) < 4.78 is 12.2. The summed E-state index contributed by atoms with van der Waals surface area (Å²) in [6.45, 7) is 16.0. The van der Waals surface area contributed by atoms with Crippen LogP contribution in [-0.4, -0.2) is 31.7 Å². The van der Waals surface area contributed by atoms with E-state index in [1.807, 2.05) is 37.3 Å². The van der Waals surface area contributed by atoms with Crippen LogP contribution in [0.1, 0.15) is 59.4 Å². The van der Waals surface area contributed by atoms with Crippen LogP contribution in [0.2, 0.25) is 18.1 Å². The number of allylic oxidation sites excluding steroid dienone is 1. The van der Waals surface area contributed by atoms with Gasteiger partial charge in [0.15, 0.2) is 8.32 Å². The van der Waals surface area contributed by atoms with Crippen LogP contribution in [0.5, 0.6) is 0 Å². The minimum atomic E-state index is -1.69. The zero-order valence-corrected chi connectivity index (χ0v) is 19.4. The van der Waals surface area contributed by atoms with Gasteiger partial charge in [-0.3, -0.25) is 0 Å². The number of aliphatic hydroxyl groups excluding tert-OH is 1. The summed E-state index contributed by atoms with van der Waals surface area (Å²) in [4.78, 5) is 0. The first-order valence-electron chi connectivity index (χ1n) is 10.2. The topological polar surface area (TPSA) is 38.7 Å². The minimum Gasteiger partial charge on any atom is -0.414 e. The summed E-state index contributed by atoms with van der Waals surface area (Å²) in [5.74, 6) is 0. The van der Waals surface area contributed by atoms with Gasteiger partial charge in [0.25, 0.3) is 0 Å². The van der Waals surface area contributed by atoms with E-state index in [9.17, 15) is 5.11 Å². The summed E-state index contributed by atoms with van der Waals surface area (Å²) in [6, 6.07) is 10.1. The predicted molar refractivity (Wildman–Crippen MR) is 117 cm³/mol. The molecule has 1 N–H and O–H groups in total. The summed E-state index contributed by atoms with van der Waals surface area (Å²) >= 11 is 0. The molecule has 0 radical (unpaired) electrons. The Morgan fingerprint density at radius 1 is 1.07 bits per heavy atom. The SMILES string of the molecule is C[C@H](CC/C=C\C[C@H](O)[C@H](C)OCc1ccccc1)O[Si](C)(C)C(C)(C)C. The second-order valence-electron chi connectivity index (χ2n) is 9.04. The molecule has 0 saturated heterocycles. The third kappa shape index (κ3) is 9.20. The monoisotopic (exact) mass is 392 g/mol. The Balaban J connectivity index is 2.25. The van der Waals surface area contributed by atoms with Crippen molar-refractivity contribution in [3.8, 4) is 0 Å². The Morgan fingerprint density at radius 2 is 1.70 bits per heavy atom. The molecule has 0 bridgehead atoms. The maximum atomic E-state index is 10.3. The van der Waals surface area contributed by atoms with Crippen molar-refractivity contribution in [1.29, 1.82) is 0 Å². The van der Waals surface area contributed by atoms with Gasteiger partial charge in [0, 0.05) is 6.10 Å². The van der Waals surface area contributed by atoms with Crippen LogP contribution in [-0.2, 0) is 15.8 Å². The Kier molecular flexibility index (Phi) is 9.95. The summed E-state index contributed by atoms with van der Waals surface area (Å²) in [5.41, 5.74) is 1.13. The van der Waals surface area contributed by atoms with Crippen molar-refractivity contribution in [3.63, 3.8) is 0 Å². The zero-order chi connectivity index (χ0) is 20.5. The van der Waals surface area contributed by atoms with Crippen LogP contribution >= 0.6 is 0 Å². The van der Waals surface area contributed by atoms with E-state index in [1.165, 1.54) is 0 Å². The van der Waals surface area contributed by atoms with Crippen molar-refractivity contribution in [2.24, 2.45) is 0 Å². The van der Waals surface area contributed by atoms with E-state index in [1.54, 1.807) is 0 Å². The lowest BCUT2D eigenvalue weighted by molar-refractivity contribution is -0.0333. The van der Waals surface area contributed by atoms with Crippen LogP contribution in [0.15, 0.2) is 42.5 Å². The molecule has 3 atom stereocenters. The molecule has 0 aliphatic carbocycles. The lowest BCUT2D eigenvalue weighted by atomic mass is 10.1. The van der Waals surface area contributed by atoms with Gasteiger partial charge in [0.2, 0.25) is 0 Å². The first-order valence-corrected chi connectivity index (χ1v) is 13.1. The fourth-order valence-corrected chi connectivity index (χ4v) is 4.01. The highest BCUT2D eigenvalue weighted by Crippen LogP contribution is 2.37. The molecule has 4 heteroatoms. The molecule has 0 aliphatic rings. The predicted octanol–water partition coefficient (Wildman–Crippen LogP) is 6.09. The molecular formula is C23H40O3Si. The Bertz CT molecular complexity index is 548. The maximum Gasteiger partial charge on any atom is 0.192 e. The van der Waals surface area contributed by atoms with Gasteiger partial charge in [-0.05, 0) is 56.8 Å². The van der Waals surface area contributed by atoms with Crippen molar-refractivity contribution in [1.82, 2.24) is 0 Å². The van der Waals surface area contributed by atoms with E-state index < -0.39 is 14.4 Å². The molecule has 0 fully saturated rings. The second kappa shape index (κ2) is 11.2. The lowest BCUT2D eigenvalue weighted by Gasteiger charge is -2.38. The molecule has 1 aromatic carbocycles. The van der Waals surface area contributed by atoms with Crippen LogP contribution in [0.25, 0.3) is 0 Å². The molecule has 3 nitrogen and oxygen atoms in total. The average molecular weight is 393 g/mol. The normalized spacial score (nSPS) is 16.4. The Hall–Kier alpha value is -0.943. The third-order valence-corrected chi connectivity index (χ3v) is 10.1. The van der Waals surface area contributed by atoms with Gasteiger partial charge < -0.3 is 14.3 Å². The Morgan fingerprint density at radius 3 is 2.30 bits per heavy atom. The van der Waals surface area contributed by atoms with Crippen LogP contribution < -0.4 is 0 Å². The Labute approximate surface area is 167 Å². The highest BCUT2D eigenvalue weighted by molar-refractivity contribution is 6.74. The molecule has 1 aromatic rings. The third-order valence-electron chi connectivity index (χ3n) is 5.48. The molecule has 0 aliphatic heterocycles. The zero-order valence-electron chi connectivity index (χ0n) is 18.4. The van der Waals surface area contributed by atoms with Crippen molar-refractivity contribution in [2.45, 2.75) is 96.9 Å². The molecule has 0 unspecified atom stereocenters. The molecule has 0 spiro atoms.